The second-order valence-electron chi connectivity index (χ2n) is 6.99. The SMILES string of the molecule is OC(c1ccc2c(cnn2-c2ccc(F)cc2)c1)(c1[nH]nc2ncccc12)C(F)(F)F. The maximum atomic E-state index is 14.2. The summed E-state index contributed by atoms with van der Waals surface area (Å²) in [4.78, 5) is 3.92. The molecule has 0 bridgehead atoms. The van der Waals surface area contributed by atoms with Crippen molar-refractivity contribution in [1.29, 1.82) is 0 Å². The number of rotatable bonds is 3. The number of hydrogen-bond acceptors (Lipinski definition) is 4. The van der Waals surface area contributed by atoms with Gasteiger partial charge in [-0.1, -0.05) is 6.07 Å². The van der Waals surface area contributed by atoms with Gasteiger partial charge < -0.3 is 5.11 Å². The summed E-state index contributed by atoms with van der Waals surface area (Å²) in [5.41, 5.74) is -3.17. The summed E-state index contributed by atoms with van der Waals surface area (Å²) >= 11 is 0. The van der Waals surface area contributed by atoms with Crippen molar-refractivity contribution in [3.8, 4) is 5.69 Å². The van der Waals surface area contributed by atoms with Gasteiger partial charge in [-0.25, -0.2) is 14.1 Å². The lowest BCUT2D eigenvalue weighted by atomic mass is 9.87. The Kier molecular flexibility index (Phi) is 4.09. The lowest BCUT2D eigenvalue weighted by molar-refractivity contribution is -0.249. The third-order valence-electron chi connectivity index (χ3n) is 5.16. The molecular weight excluding hydrogens is 414 g/mol. The van der Waals surface area contributed by atoms with Crippen molar-refractivity contribution >= 4 is 21.9 Å². The molecule has 31 heavy (non-hydrogen) atoms. The van der Waals surface area contributed by atoms with Crippen LogP contribution in [0.2, 0.25) is 0 Å². The zero-order valence-corrected chi connectivity index (χ0v) is 15.6. The van der Waals surface area contributed by atoms with Gasteiger partial charge in [0.15, 0.2) is 5.65 Å². The van der Waals surface area contributed by atoms with E-state index in [9.17, 15) is 22.7 Å². The fourth-order valence-electron chi connectivity index (χ4n) is 3.62. The molecule has 0 radical (unpaired) electrons. The number of halogens is 4. The average Bonchev–Trinajstić information content (AvgIpc) is 3.37. The number of hydrogen-bond donors (Lipinski definition) is 2. The van der Waals surface area contributed by atoms with Crippen LogP contribution in [0.1, 0.15) is 11.3 Å². The predicted molar refractivity (Wildman–Crippen MR) is 104 cm³/mol. The first-order valence-electron chi connectivity index (χ1n) is 9.12. The van der Waals surface area contributed by atoms with Crippen LogP contribution in [0.5, 0.6) is 0 Å². The molecule has 0 saturated carbocycles. The lowest BCUT2D eigenvalue weighted by Crippen LogP contribution is -2.43. The summed E-state index contributed by atoms with van der Waals surface area (Å²) in [5.74, 6) is -0.418. The van der Waals surface area contributed by atoms with Crippen LogP contribution in [-0.2, 0) is 5.60 Å². The summed E-state index contributed by atoms with van der Waals surface area (Å²) in [6.45, 7) is 0. The standard InChI is InChI=1S/C21H13F4N5O/c22-14-4-6-15(7-5-14)30-17-8-3-13(10-12(17)11-27-30)20(31,21(23,24)25)18-16-2-1-9-26-19(16)29-28-18/h1-11,31H,(H,26,28,29). The first-order valence-corrected chi connectivity index (χ1v) is 9.12. The highest BCUT2D eigenvalue weighted by atomic mass is 19.4. The number of fused-ring (bicyclic) bond motifs is 2. The maximum Gasteiger partial charge on any atom is 0.427 e. The van der Waals surface area contributed by atoms with Crippen LogP contribution >= 0.6 is 0 Å². The minimum Gasteiger partial charge on any atom is -0.371 e. The van der Waals surface area contributed by atoms with E-state index in [0.29, 0.717) is 16.6 Å². The number of nitrogens with one attached hydrogen (secondary N) is 1. The predicted octanol–water partition coefficient (Wildman–Crippen LogP) is 4.23. The van der Waals surface area contributed by atoms with E-state index in [1.807, 2.05) is 0 Å². The van der Waals surface area contributed by atoms with Crippen molar-refractivity contribution in [2.45, 2.75) is 11.8 Å². The molecular formula is C21H13F4N5O. The van der Waals surface area contributed by atoms with Gasteiger partial charge in [-0.2, -0.15) is 23.4 Å². The quantitative estimate of drug-likeness (QED) is 0.423. The van der Waals surface area contributed by atoms with Crippen molar-refractivity contribution in [1.82, 2.24) is 25.0 Å². The Morgan fingerprint density at radius 1 is 1.00 bits per heavy atom. The number of pyridine rings is 1. The van der Waals surface area contributed by atoms with Crippen molar-refractivity contribution in [2.75, 3.05) is 0 Å². The number of nitrogens with zero attached hydrogens (tertiary/aromatic N) is 4. The summed E-state index contributed by atoms with van der Waals surface area (Å²) < 4.78 is 57.3. The number of aliphatic hydroxyl groups is 1. The normalized spacial score (nSPS) is 14.2. The van der Waals surface area contributed by atoms with Crippen molar-refractivity contribution in [3.63, 3.8) is 0 Å². The van der Waals surface area contributed by atoms with E-state index in [4.69, 9.17) is 0 Å². The minimum atomic E-state index is -5.05. The Hall–Kier alpha value is -3.79. The molecule has 10 heteroatoms. The van der Waals surface area contributed by atoms with Gasteiger partial charge in [-0.3, -0.25) is 5.10 Å². The molecule has 1 atom stereocenters. The fraction of sp³-hybridized carbons (Fsp3) is 0.0952. The molecule has 5 aromatic rings. The Bertz CT molecular complexity index is 1410. The molecule has 6 nitrogen and oxygen atoms in total. The van der Waals surface area contributed by atoms with Crippen LogP contribution in [0.3, 0.4) is 0 Å². The van der Waals surface area contributed by atoms with Crippen LogP contribution in [-0.4, -0.2) is 36.2 Å². The smallest absolute Gasteiger partial charge is 0.371 e. The Morgan fingerprint density at radius 3 is 2.52 bits per heavy atom. The van der Waals surface area contributed by atoms with E-state index < -0.39 is 28.9 Å². The van der Waals surface area contributed by atoms with Crippen LogP contribution in [0.15, 0.2) is 67.0 Å². The molecule has 2 N–H and O–H groups in total. The summed E-state index contributed by atoms with van der Waals surface area (Å²) in [6, 6.07) is 12.2. The molecule has 0 fully saturated rings. The zero-order valence-electron chi connectivity index (χ0n) is 15.6. The van der Waals surface area contributed by atoms with Crippen molar-refractivity contribution < 1.29 is 22.7 Å². The molecule has 0 spiro atoms. The molecule has 156 valence electrons. The maximum absolute atomic E-state index is 14.2. The van der Waals surface area contributed by atoms with Crippen molar-refractivity contribution in [2.24, 2.45) is 0 Å². The highest BCUT2D eigenvalue weighted by Gasteiger charge is 2.58. The van der Waals surface area contributed by atoms with Gasteiger partial charge in [0.1, 0.15) is 5.82 Å². The number of H-pyrrole nitrogens is 1. The van der Waals surface area contributed by atoms with Gasteiger partial charge >= 0.3 is 6.18 Å². The fourth-order valence-corrected chi connectivity index (χ4v) is 3.62. The second kappa shape index (κ2) is 6.61. The molecule has 0 aliphatic rings. The third kappa shape index (κ3) is 2.87. The largest absolute Gasteiger partial charge is 0.427 e. The zero-order chi connectivity index (χ0) is 21.8. The Balaban J connectivity index is 1.69. The van der Waals surface area contributed by atoms with Crippen LogP contribution in [0.25, 0.3) is 27.6 Å². The second-order valence-corrected chi connectivity index (χ2v) is 6.99. The molecule has 0 amide bonds. The average molecular weight is 427 g/mol. The van der Waals surface area contributed by atoms with Gasteiger partial charge in [0, 0.05) is 17.0 Å². The number of benzene rings is 2. The van der Waals surface area contributed by atoms with Crippen LogP contribution in [0.4, 0.5) is 17.6 Å². The first kappa shape index (κ1) is 19.2. The van der Waals surface area contributed by atoms with E-state index in [1.165, 1.54) is 71.7 Å². The van der Waals surface area contributed by atoms with Crippen LogP contribution < -0.4 is 0 Å². The number of aromatic amines is 1. The summed E-state index contributed by atoms with van der Waals surface area (Å²) in [6.07, 6.45) is -2.27. The molecule has 0 saturated heterocycles. The molecule has 2 aromatic carbocycles. The van der Waals surface area contributed by atoms with Crippen molar-refractivity contribution in [3.05, 3.63) is 84.1 Å². The molecule has 1 unspecified atom stereocenters. The lowest BCUT2D eigenvalue weighted by Gasteiger charge is -2.30. The van der Waals surface area contributed by atoms with E-state index in [0.717, 1.165) is 0 Å². The number of aromatic nitrogens is 5. The molecule has 5 rings (SSSR count). The van der Waals surface area contributed by atoms with E-state index in [-0.39, 0.29) is 11.0 Å². The highest BCUT2D eigenvalue weighted by molar-refractivity contribution is 5.83. The molecule has 0 aliphatic heterocycles. The molecule has 0 aliphatic carbocycles. The van der Waals surface area contributed by atoms with E-state index in [2.05, 4.69) is 20.3 Å². The number of alkyl halides is 3. The summed E-state index contributed by atoms with van der Waals surface area (Å²) in [5, 5.41) is 21.7. The highest BCUT2D eigenvalue weighted by Crippen LogP contribution is 2.46. The van der Waals surface area contributed by atoms with Gasteiger partial charge in [-0.15, -0.1) is 0 Å². The Morgan fingerprint density at radius 2 is 1.77 bits per heavy atom. The van der Waals surface area contributed by atoms with Gasteiger partial charge in [-0.05, 0) is 54.1 Å². The van der Waals surface area contributed by atoms with Gasteiger partial charge in [0.2, 0.25) is 5.60 Å². The van der Waals surface area contributed by atoms with Crippen LogP contribution in [0, 0.1) is 5.82 Å². The van der Waals surface area contributed by atoms with E-state index >= 15 is 0 Å². The Labute approximate surface area is 171 Å². The minimum absolute atomic E-state index is 0.0597. The van der Waals surface area contributed by atoms with Gasteiger partial charge in [0.05, 0.1) is 23.1 Å². The first-order chi connectivity index (χ1) is 14.8. The molecule has 3 heterocycles. The topological polar surface area (TPSA) is 79.6 Å². The third-order valence-corrected chi connectivity index (χ3v) is 5.16. The summed E-state index contributed by atoms with van der Waals surface area (Å²) in [7, 11) is 0. The van der Waals surface area contributed by atoms with Gasteiger partial charge in [0.25, 0.3) is 0 Å². The molecule has 3 aromatic heterocycles. The monoisotopic (exact) mass is 427 g/mol. The van der Waals surface area contributed by atoms with E-state index in [1.54, 1.807) is 0 Å².